The Hall–Kier alpha value is -1.74. The topological polar surface area (TPSA) is 24.9 Å². The van der Waals surface area contributed by atoms with Gasteiger partial charge in [0.05, 0.1) is 12.2 Å². The van der Waals surface area contributed by atoms with Gasteiger partial charge in [0, 0.05) is 11.8 Å². The lowest BCUT2D eigenvalue weighted by Crippen LogP contribution is -2.19. The molecule has 0 saturated heterocycles. The molecule has 19 heavy (non-hydrogen) atoms. The van der Waals surface area contributed by atoms with E-state index in [1.165, 1.54) is 11.8 Å². The van der Waals surface area contributed by atoms with Gasteiger partial charge in [-0.1, -0.05) is 37.6 Å². The van der Waals surface area contributed by atoms with E-state index in [0.717, 1.165) is 18.4 Å². The molecule has 0 bridgehead atoms. The highest BCUT2D eigenvalue weighted by Crippen LogP contribution is 2.24. The summed E-state index contributed by atoms with van der Waals surface area (Å²) in [5.41, 5.74) is 3.00. The van der Waals surface area contributed by atoms with Crippen LogP contribution in [0.5, 0.6) is 0 Å². The summed E-state index contributed by atoms with van der Waals surface area (Å²) in [6.07, 6.45) is 5.08. The standard InChI is InChI=1S/C16H19FN2/c1-3-4-12-5-7-13(8-6-12)16(18-2)14-9-10-19-11-15(14)17/h5-11,16,18H,3-4H2,1-2H3. The molecule has 0 radical (unpaired) electrons. The summed E-state index contributed by atoms with van der Waals surface area (Å²) in [7, 11) is 1.84. The SMILES string of the molecule is CCCc1ccc(C(NC)c2ccncc2F)cc1. The monoisotopic (exact) mass is 258 g/mol. The highest BCUT2D eigenvalue weighted by molar-refractivity contribution is 5.33. The van der Waals surface area contributed by atoms with Gasteiger partial charge in [-0.05, 0) is 30.7 Å². The van der Waals surface area contributed by atoms with Crippen molar-refractivity contribution in [1.29, 1.82) is 0 Å². The molecule has 0 aliphatic rings. The molecule has 1 unspecified atom stereocenters. The van der Waals surface area contributed by atoms with Crippen molar-refractivity contribution in [2.75, 3.05) is 7.05 Å². The number of nitrogens with one attached hydrogen (secondary N) is 1. The van der Waals surface area contributed by atoms with Crippen molar-refractivity contribution in [1.82, 2.24) is 10.3 Å². The molecule has 3 heteroatoms. The van der Waals surface area contributed by atoms with Crippen LogP contribution in [0.4, 0.5) is 4.39 Å². The van der Waals surface area contributed by atoms with Gasteiger partial charge >= 0.3 is 0 Å². The maximum absolute atomic E-state index is 13.8. The van der Waals surface area contributed by atoms with E-state index in [1.807, 2.05) is 7.05 Å². The molecule has 0 amide bonds. The van der Waals surface area contributed by atoms with Crippen molar-refractivity contribution in [2.45, 2.75) is 25.8 Å². The van der Waals surface area contributed by atoms with Gasteiger partial charge in [-0.3, -0.25) is 4.98 Å². The molecule has 0 fully saturated rings. The third-order valence-electron chi connectivity index (χ3n) is 3.26. The van der Waals surface area contributed by atoms with E-state index in [1.54, 1.807) is 12.3 Å². The van der Waals surface area contributed by atoms with Gasteiger partial charge in [0.1, 0.15) is 5.82 Å². The third-order valence-corrected chi connectivity index (χ3v) is 3.26. The number of hydrogen-bond acceptors (Lipinski definition) is 2. The number of benzene rings is 1. The molecule has 100 valence electrons. The molecule has 1 aromatic heterocycles. The second-order valence-corrected chi connectivity index (χ2v) is 4.61. The summed E-state index contributed by atoms with van der Waals surface area (Å²) in [6.45, 7) is 2.16. The fourth-order valence-corrected chi connectivity index (χ4v) is 2.29. The molecule has 1 aromatic carbocycles. The summed E-state index contributed by atoms with van der Waals surface area (Å²) in [6, 6.07) is 9.93. The minimum Gasteiger partial charge on any atom is -0.309 e. The Labute approximate surface area is 113 Å². The van der Waals surface area contributed by atoms with E-state index >= 15 is 0 Å². The van der Waals surface area contributed by atoms with Crippen molar-refractivity contribution >= 4 is 0 Å². The highest BCUT2D eigenvalue weighted by atomic mass is 19.1. The lowest BCUT2D eigenvalue weighted by molar-refractivity contribution is 0.570. The van der Waals surface area contributed by atoms with E-state index < -0.39 is 0 Å². The van der Waals surface area contributed by atoms with Gasteiger partial charge in [-0.2, -0.15) is 0 Å². The van der Waals surface area contributed by atoms with E-state index in [9.17, 15) is 4.39 Å². The first-order valence-corrected chi connectivity index (χ1v) is 6.61. The zero-order valence-electron chi connectivity index (χ0n) is 11.4. The number of aromatic nitrogens is 1. The zero-order valence-corrected chi connectivity index (χ0v) is 11.4. The second-order valence-electron chi connectivity index (χ2n) is 4.61. The predicted molar refractivity (Wildman–Crippen MR) is 75.5 cm³/mol. The summed E-state index contributed by atoms with van der Waals surface area (Å²) in [4.78, 5) is 3.79. The summed E-state index contributed by atoms with van der Waals surface area (Å²) in [5, 5.41) is 3.16. The van der Waals surface area contributed by atoms with Crippen LogP contribution in [0.15, 0.2) is 42.7 Å². The maximum Gasteiger partial charge on any atom is 0.146 e. The fourth-order valence-electron chi connectivity index (χ4n) is 2.29. The molecule has 1 atom stereocenters. The molecule has 0 spiro atoms. The molecular formula is C16H19FN2. The Morgan fingerprint density at radius 3 is 2.53 bits per heavy atom. The van der Waals surface area contributed by atoms with Gasteiger partial charge in [-0.25, -0.2) is 4.39 Å². The Morgan fingerprint density at radius 1 is 1.21 bits per heavy atom. The molecular weight excluding hydrogens is 239 g/mol. The van der Waals surface area contributed by atoms with Crippen LogP contribution in [-0.4, -0.2) is 12.0 Å². The second kappa shape index (κ2) is 6.43. The first-order chi connectivity index (χ1) is 9.26. The summed E-state index contributed by atoms with van der Waals surface area (Å²) >= 11 is 0. The first-order valence-electron chi connectivity index (χ1n) is 6.61. The van der Waals surface area contributed by atoms with Crippen LogP contribution in [0.3, 0.4) is 0 Å². The van der Waals surface area contributed by atoms with Gasteiger partial charge in [-0.15, -0.1) is 0 Å². The number of rotatable bonds is 5. The molecule has 0 aliphatic heterocycles. The number of aryl methyl sites for hydroxylation is 1. The number of pyridine rings is 1. The summed E-state index contributed by atoms with van der Waals surface area (Å²) in [5.74, 6) is -0.278. The van der Waals surface area contributed by atoms with E-state index in [0.29, 0.717) is 5.56 Å². The van der Waals surface area contributed by atoms with Crippen LogP contribution >= 0.6 is 0 Å². The zero-order chi connectivity index (χ0) is 13.7. The fraction of sp³-hybridized carbons (Fsp3) is 0.312. The van der Waals surface area contributed by atoms with Crippen molar-refractivity contribution < 1.29 is 4.39 Å². The molecule has 1 N–H and O–H groups in total. The van der Waals surface area contributed by atoms with Crippen molar-refractivity contribution in [3.63, 3.8) is 0 Å². The van der Waals surface area contributed by atoms with E-state index in [4.69, 9.17) is 0 Å². The predicted octanol–water partition coefficient (Wildman–Crippen LogP) is 3.48. The molecule has 1 heterocycles. The van der Waals surface area contributed by atoms with E-state index in [2.05, 4.69) is 41.5 Å². The molecule has 2 nitrogen and oxygen atoms in total. The molecule has 2 aromatic rings. The van der Waals surface area contributed by atoms with Gasteiger partial charge in [0.25, 0.3) is 0 Å². The Balaban J connectivity index is 2.29. The molecule has 0 aliphatic carbocycles. The van der Waals surface area contributed by atoms with Crippen LogP contribution < -0.4 is 5.32 Å². The van der Waals surface area contributed by atoms with Crippen molar-refractivity contribution in [3.05, 3.63) is 65.2 Å². The third kappa shape index (κ3) is 3.18. The van der Waals surface area contributed by atoms with Crippen LogP contribution in [0.2, 0.25) is 0 Å². The first kappa shape index (κ1) is 13.7. The van der Waals surface area contributed by atoms with Crippen LogP contribution in [0, 0.1) is 5.82 Å². The quantitative estimate of drug-likeness (QED) is 0.888. The van der Waals surface area contributed by atoms with Crippen molar-refractivity contribution in [3.8, 4) is 0 Å². The largest absolute Gasteiger partial charge is 0.309 e. The average molecular weight is 258 g/mol. The molecule has 2 rings (SSSR count). The van der Waals surface area contributed by atoms with Gasteiger partial charge < -0.3 is 5.32 Å². The lowest BCUT2D eigenvalue weighted by Gasteiger charge is -2.18. The van der Waals surface area contributed by atoms with Gasteiger partial charge in [0.15, 0.2) is 0 Å². The summed E-state index contributed by atoms with van der Waals surface area (Å²) < 4.78 is 13.8. The Morgan fingerprint density at radius 2 is 1.95 bits per heavy atom. The number of halogens is 1. The number of nitrogens with zero attached hydrogens (tertiary/aromatic N) is 1. The minimum absolute atomic E-state index is 0.140. The maximum atomic E-state index is 13.8. The van der Waals surface area contributed by atoms with Gasteiger partial charge in [0.2, 0.25) is 0 Å². The Kier molecular flexibility index (Phi) is 4.63. The van der Waals surface area contributed by atoms with Crippen molar-refractivity contribution in [2.24, 2.45) is 0 Å². The average Bonchev–Trinajstić information content (AvgIpc) is 2.44. The van der Waals surface area contributed by atoms with Crippen LogP contribution in [-0.2, 0) is 6.42 Å². The smallest absolute Gasteiger partial charge is 0.146 e. The molecule has 0 saturated carbocycles. The minimum atomic E-state index is -0.278. The van der Waals surface area contributed by atoms with Crippen LogP contribution in [0.25, 0.3) is 0 Å². The normalized spacial score (nSPS) is 12.4. The Bertz CT molecular complexity index is 523. The number of hydrogen-bond donors (Lipinski definition) is 1. The van der Waals surface area contributed by atoms with Crippen LogP contribution in [0.1, 0.15) is 36.1 Å². The highest BCUT2D eigenvalue weighted by Gasteiger charge is 2.15. The van der Waals surface area contributed by atoms with E-state index in [-0.39, 0.29) is 11.9 Å². The lowest BCUT2D eigenvalue weighted by atomic mass is 9.97.